The van der Waals surface area contributed by atoms with Crippen LogP contribution in [0.4, 0.5) is 5.69 Å². The maximum atomic E-state index is 14.0. The van der Waals surface area contributed by atoms with Crippen LogP contribution in [0.1, 0.15) is 17.3 Å². The van der Waals surface area contributed by atoms with E-state index in [1.54, 1.807) is 12.4 Å². The Labute approximate surface area is 239 Å². The number of nitrogens with one attached hydrogen (secondary N) is 2. The Hall–Kier alpha value is -5.70. The summed E-state index contributed by atoms with van der Waals surface area (Å²) in [6, 6.07) is 25.9. The molecule has 0 spiro atoms. The number of hydrogen-bond acceptors (Lipinski definition) is 6. The zero-order valence-electron chi connectivity index (χ0n) is 22.5. The summed E-state index contributed by atoms with van der Waals surface area (Å²) >= 11 is 0. The molecular weight excluding hydrogens is 528 g/mol. The van der Waals surface area contributed by atoms with Crippen LogP contribution in [0.3, 0.4) is 0 Å². The van der Waals surface area contributed by atoms with Crippen molar-refractivity contribution in [2.45, 2.75) is 19.0 Å². The lowest BCUT2D eigenvalue weighted by Gasteiger charge is -2.21. The summed E-state index contributed by atoms with van der Waals surface area (Å²) in [5.74, 6) is -0.281. The van der Waals surface area contributed by atoms with Crippen molar-refractivity contribution in [3.63, 3.8) is 0 Å². The van der Waals surface area contributed by atoms with Crippen molar-refractivity contribution in [1.82, 2.24) is 19.5 Å². The topological polar surface area (TPSA) is 132 Å². The molecule has 4 heterocycles. The molecule has 0 aliphatic heterocycles. The van der Waals surface area contributed by atoms with E-state index in [2.05, 4.69) is 20.3 Å². The van der Waals surface area contributed by atoms with E-state index in [9.17, 15) is 9.59 Å². The second-order valence-electron chi connectivity index (χ2n) is 10.2. The number of pyridine rings is 1. The van der Waals surface area contributed by atoms with Gasteiger partial charge in [-0.3, -0.25) is 19.1 Å². The fourth-order valence-corrected chi connectivity index (χ4v) is 5.43. The normalized spacial score (nSPS) is 12.2. The molecule has 0 bridgehead atoms. The molecule has 7 aromatic rings. The third kappa shape index (κ3) is 4.56. The molecule has 1 unspecified atom stereocenters. The number of primary amides is 1. The van der Waals surface area contributed by atoms with Crippen LogP contribution in [0.15, 0.2) is 113 Å². The quantitative estimate of drug-likeness (QED) is 0.225. The van der Waals surface area contributed by atoms with Gasteiger partial charge >= 0.3 is 0 Å². The minimum atomic E-state index is -0.991. The van der Waals surface area contributed by atoms with Crippen LogP contribution < -0.4 is 16.6 Å². The van der Waals surface area contributed by atoms with Gasteiger partial charge in [-0.1, -0.05) is 60.7 Å². The van der Waals surface area contributed by atoms with Gasteiger partial charge in [-0.25, -0.2) is 4.98 Å². The highest BCUT2D eigenvalue weighted by molar-refractivity contribution is 6.04. The minimum absolute atomic E-state index is 0.178. The van der Waals surface area contributed by atoms with Crippen LogP contribution in [0.25, 0.3) is 44.2 Å². The van der Waals surface area contributed by atoms with E-state index in [0.717, 1.165) is 44.1 Å². The summed E-state index contributed by atoms with van der Waals surface area (Å²) in [6.45, 7) is 0.352. The second kappa shape index (κ2) is 10.4. The molecule has 0 saturated carbocycles. The van der Waals surface area contributed by atoms with Crippen LogP contribution in [-0.4, -0.2) is 25.4 Å². The van der Waals surface area contributed by atoms with Crippen LogP contribution in [-0.2, 0) is 17.8 Å². The molecular formula is C33H26N6O3. The van der Waals surface area contributed by atoms with Crippen molar-refractivity contribution in [3.8, 4) is 11.4 Å². The number of aromatic nitrogens is 4. The molecule has 1 amide bonds. The molecule has 0 fully saturated rings. The highest BCUT2D eigenvalue weighted by atomic mass is 16.3. The number of carbonyl (C=O) groups excluding carboxylic acids is 1. The van der Waals surface area contributed by atoms with Gasteiger partial charge in [0, 0.05) is 58.3 Å². The second-order valence-corrected chi connectivity index (χ2v) is 10.2. The van der Waals surface area contributed by atoms with Gasteiger partial charge in [-0.2, -0.15) is 0 Å². The summed E-state index contributed by atoms with van der Waals surface area (Å²) in [5.41, 5.74) is 10.7. The standard InChI is InChI=1S/C33H26N6O3/c34-31(40)28(16-23-15-22-18-35-13-12-26(22)38-23)39-32(21-6-2-1-3-7-21)37-19-27(33(39)41)36-17-20-10-11-25-24-8-4-5-9-29(24)42-30(25)14-20/h1-15,18-19,28,36,38H,16-17H2,(H2,34,40). The maximum absolute atomic E-state index is 14.0. The molecule has 9 nitrogen and oxygen atoms in total. The molecule has 9 heteroatoms. The zero-order valence-corrected chi connectivity index (χ0v) is 22.5. The van der Waals surface area contributed by atoms with Gasteiger partial charge in [-0.15, -0.1) is 0 Å². The number of para-hydroxylation sites is 1. The first-order chi connectivity index (χ1) is 20.5. The Bertz CT molecular complexity index is 2110. The van der Waals surface area contributed by atoms with Gasteiger partial charge < -0.3 is 20.5 Å². The number of aromatic amines is 1. The van der Waals surface area contributed by atoms with Gasteiger partial charge in [0.05, 0.1) is 6.20 Å². The Balaban J connectivity index is 1.26. The Morgan fingerprint density at radius 1 is 0.952 bits per heavy atom. The summed E-state index contributed by atoms with van der Waals surface area (Å²) in [7, 11) is 0. The Kier molecular flexibility index (Phi) is 6.24. The van der Waals surface area contributed by atoms with Gasteiger partial charge in [0.15, 0.2) is 0 Å². The number of nitrogens with zero attached hydrogens (tertiary/aromatic N) is 3. The Morgan fingerprint density at radius 2 is 1.76 bits per heavy atom. The number of benzene rings is 3. The van der Waals surface area contributed by atoms with Crippen molar-refractivity contribution in [2.75, 3.05) is 5.32 Å². The van der Waals surface area contributed by atoms with Crippen molar-refractivity contribution >= 4 is 44.4 Å². The van der Waals surface area contributed by atoms with Crippen molar-refractivity contribution in [3.05, 3.63) is 125 Å². The van der Waals surface area contributed by atoms with Gasteiger partial charge in [0.25, 0.3) is 5.56 Å². The number of anilines is 1. The highest BCUT2D eigenvalue weighted by Gasteiger charge is 2.26. The van der Waals surface area contributed by atoms with Crippen molar-refractivity contribution in [1.29, 1.82) is 0 Å². The minimum Gasteiger partial charge on any atom is -0.456 e. The van der Waals surface area contributed by atoms with Crippen LogP contribution in [0.2, 0.25) is 0 Å². The SMILES string of the molecule is NC(=O)C(Cc1cc2cnccc2[nH]1)n1c(-c2ccccc2)ncc(NCc2ccc3c(c2)oc2ccccc23)c1=O. The molecule has 7 rings (SSSR count). The average Bonchev–Trinajstić information content (AvgIpc) is 3.60. The average molecular weight is 555 g/mol. The molecule has 1 atom stereocenters. The first kappa shape index (κ1) is 25.3. The van der Waals surface area contributed by atoms with E-state index in [1.807, 2.05) is 84.9 Å². The fraction of sp³-hybridized carbons (Fsp3) is 0.0909. The summed E-state index contributed by atoms with van der Waals surface area (Å²) < 4.78 is 7.42. The molecule has 3 aromatic carbocycles. The van der Waals surface area contributed by atoms with Crippen molar-refractivity contribution in [2.24, 2.45) is 5.73 Å². The lowest BCUT2D eigenvalue weighted by molar-refractivity contribution is -0.121. The Morgan fingerprint density at radius 3 is 2.60 bits per heavy atom. The number of fused-ring (bicyclic) bond motifs is 4. The third-order valence-corrected chi connectivity index (χ3v) is 7.48. The zero-order chi connectivity index (χ0) is 28.6. The summed E-state index contributed by atoms with van der Waals surface area (Å²) in [5, 5.41) is 6.21. The number of H-pyrrole nitrogens is 1. The lowest BCUT2D eigenvalue weighted by Crippen LogP contribution is -2.37. The number of nitrogens with two attached hydrogens (primary N) is 1. The first-order valence-electron chi connectivity index (χ1n) is 13.6. The van der Waals surface area contributed by atoms with Crippen LogP contribution in [0.5, 0.6) is 0 Å². The van der Waals surface area contributed by atoms with Gasteiger partial charge in [-0.05, 0) is 29.8 Å². The number of amides is 1. The van der Waals surface area contributed by atoms with E-state index in [1.165, 1.54) is 10.8 Å². The van der Waals surface area contributed by atoms with Crippen molar-refractivity contribution < 1.29 is 9.21 Å². The molecule has 4 aromatic heterocycles. The van der Waals surface area contributed by atoms with Crippen LogP contribution in [0, 0.1) is 0 Å². The smallest absolute Gasteiger partial charge is 0.277 e. The van der Waals surface area contributed by atoms with E-state index in [4.69, 9.17) is 10.2 Å². The number of rotatable bonds is 8. The van der Waals surface area contributed by atoms with Gasteiger partial charge in [0.2, 0.25) is 5.91 Å². The molecule has 0 radical (unpaired) electrons. The summed E-state index contributed by atoms with van der Waals surface area (Å²) in [6.07, 6.45) is 5.12. The lowest BCUT2D eigenvalue weighted by atomic mass is 10.1. The third-order valence-electron chi connectivity index (χ3n) is 7.48. The molecule has 42 heavy (non-hydrogen) atoms. The van der Waals surface area contributed by atoms with Crippen LogP contribution >= 0.6 is 0 Å². The van der Waals surface area contributed by atoms with E-state index in [-0.39, 0.29) is 12.1 Å². The molecule has 0 aliphatic rings. The molecule has 4 N–H and O–H groups in total. The van der Waals surface area contributed by atoms with Gasteiger partial charge in [0.1, 0.15) is 28.7 Å². The van der Waals surface area contributed by atoms with E-state index in [0.29, 0.717) is 17.9 Å². The predicted molar refractivity (Wildman–Crippen MR) is 163 cm³/mol. The maximum Gasteiger partial charge on any atom is 0.277 e. The first-order valence-corrected chi connectivity index (χ1v) is 13.6. The number of hydrogen-bond donors (Lipinski definition) is 3. The molecule has 0 saturated heterocycles. The predicted octanol–water partition coefficient (Wildman–Crippen LogP) is 5.57. The summed E-state index contributed by atoms with van der Waals surface area (Å²) in [4.78, 5) is 39.1. The van der Waals surface area contributed by atoms with E-state index >= 15 is 0 Å². The number of furan rings is 1. The highest BCUT2D eigenvalue weighted by Crippen LogP contribution is 2.29. The molecule has 0 aliphatic carbocycles. The molecule has 206 valence electrons. The fourth-order valence-electron chi connectivity index (χ4n) is 5.43. The van der Waals surface area contributed by atoms with E-state index < -0.39 is 17.5 Å². The monoisotopic (exact) mass is 554 g/mol. The number of carbonyl (C=O) groups is 1. The largest absolute Gasteiger partial charge is 0.456 e.